The number of nitrogens with one attached hydrogen (secondary N) is 2. The van der Waals surface area contributed by atoms with Crippen LogP contribution in [0.1, 0.15) is 29.7 Å². The number of amides is 1. The lowest BCUT2D eigenvalue weighted by atomic mass is 10.00. The molecule has 1 amide bonds. The fourth-order valence-corrected chi connectivity index (χ4v) is 3.11. The number of pyridine rings is 1. The minimum Gasteiger partial charge on any atom is -0.350 e. The number of nitrogens with zero attached hydrogens (tertiary/aromatic N) is 1. The highest BCUT2D eigenvalue weighted by molar-refractivity contribution is 7.92. The Bertz CT molecular complexity index is 1030. The monoisotopic (exact) mass is 453 g/mol. The van der Waals surface area contributed by atoms with E-state index in [-0.39, 0.29) is 28.5 Å². The molecule has 2 N–H and O–H groups in total. The van der Waals surface area contributed by atoms with Gasteiger partial charge in [0.25, 0.3) is 0 Å². The lowest BCUT2D eigenvalue weighted by molar-refractivity contribution is -0.137. The number of anilines is 1. The van der Waals surface area contributed by atoms with Crippen molar-refractivity contribution in [1.82, 2.24) is 10.3 Å². The molecule has 0 radical (unpaired) electrons. The number of carbonyl (C=O) groups excluding carboxylic acids is 1. The van der Waals surface area contributed by atoms with Gasteiger partial charge in [-0.2, -0.15) is 13.2 Å². The summed E-state index contributed by atoms with van der Waals surface area (Å²) in [4.78, 5) is 15.9. The Morgan fingerprint density at radius 1 is 1.28 bits per heavy atom. The van der Waals surface area contributed by atoms with Crippen LogP contribution in [0.5, 0.6) is 0 Å². The van der Waals surface area contributed by atoms with Gasteiger partial charge in [-0.1, -0.05) is 17.7 Å². The number of sulfonamides is 1. The van der Waals surface area contributed by atoms with E-state index in [0.717, 1.165) is 12.3 Å². The van der Waals surface area contributed by atoms with Crippen LogP contribution in [0.3, 0.4) is 0 Å². The van der Waals surface area contributed by atoms with Crippen LogP contribution in [0.25, 0.3) is 0 Å². The number of hydrogen-bond acceptors (Lipinski definition) is 4. The van der Waals surface area contributed by atoms with Gasteiger partial charge < -0.3 is 5.32 Å². The first-order chi connectivity index (χ1) is 13.3. The topological polar surface area (TPSA) is 88.2 Å². The Labute approximate surface area is 169 Å². The molecular formula is C17H16ClF4N3O3S. The van der Waals surface area contributed by atoms with E-state index >= 15 is 0 Å². The van der Waals surface area contributed by atoms with E-state index in [9.17, 15) is 30.8 Å². The van der Waals surface area contributed by atoms with Crippen molar-refractivity contribution in [1.29, 1.82) is 0 Å². The van der Waals surface area contributed by atoms with Crippen molar-refractivity contribution in [3.8, 4) is 0 Å². The second kappa shape index (κ2) is 8.54. The van der Waals surface area contributed by atoms with Crippen molar-refractivity contribution in [2.24, 2.45) is 0 Å². The first-order valence-electron chi connectivity index (χ1n) is 8.04. The number of halogens is 5. The summed E-state index contributed by atoms with van der Waals surface area (Å²) in [6.45, 7) is 1.26. The number of aromatic nitrogens is 1. The fraction of sp³-hybridized carbons (Fsp3) is 0.294. The molecular weight excluding hydrogens is 438 g/mol. The highest BCUT2D eigenvalue weighted by Gasteiger charge is 2.31. The van der Waals surface area contributed by atoms with Gasteiger partial charge in [0.05, 0.1) is 40.7 Å². The van der Waals surface area contributed by atoms with Crippen molar-refractivity contribution < 1.29 is 30.8 Å². The minimum atomic E-state index is -4.59. The second-order valence-corrected chi connectivity index (χ2v) is 8.36. The second-order valence-electron chi connectivity index (χ2n) is 6.20. The van der Waals surface area contributed by atoms with Gasteiger partial charge in [-0.3, -0.25) is 14.5 Å². The first kappa shape index (κ1) is 22.9. The zero-order valence-electron chi connectivity index (χ0n) is 15.1. The van der Waals surface area contributed by atoms with Gasteiger partial charge in [-0.25, -0.2) is 12.8 Å². The molecule has 0 aliphatic carbocycles. The zero-order valence-corrected chi connectivity index (χ0v) is 16.7. The van der Waals surface area contributed by atoms with E-state index < -0.39 is 39.4 Å². The molecule has 0 aliphatic heterocycles. The molecule has 158 valence electrons. The number of alkyl halides is 3. The molecule has 1 aromatic carbocycles. The molecule has 0 spiro atoms. The Kier molecular flexibility index (Phi) is 6.74. The summed E-state index contributed by atoms with van der Waals surface area (Å²) in [5, 5.41) is 2.21. The van der Waals surface area contributed by atoms with E-state index in [1.165, 1.54) is 19.1 Å². The molecule has 0 fully saturated rings. The van der Waals surface area contributed by atoms with Crippen LogP contribution in [0.2, 0.25) is 5.02 Å². The quantitative estimate of drug-likeness (QED) is 0.653. The maximum Gasteiger partial charge on any atom is 0.417 e. The smallest absolute Gasteiger partial charge is 0.350 e. The highest BCUT2D eigenvalue weighted by Crippen LogP contribution is 2.31. The summed E-state index contributed by atoms with van der Waals surface area (Å²) in [5.74, 6) is -2.24. The number of hydrogen-bond donors (Lipinski definition) is 2. The van der Waals surface area contributed by atoms with E-state index in [4.69, 9.17) is 11.6 Å². The van der Waals surface area contributed by atoms with Crippen LogP contribution in [-0.2, 0) is 27.5 Å². The Balaban J connectivity index is 2.07. The van der Waals surface area contributed by atoms with Crippen LogP contribution < -0.4 is 10.0 Å². The summed E-state index contributed by atoms with van der Waals surface area (Å²) < 4.78 is 76.3. The predicted molar refractivity (Wildman–Crippen MR) is 99.4 cm³/mol. The summed E-state index contributed by atoms with van der Waals surface area (Å²) in [6.07, 6.45) is -3.11. The van der Waals surface area contributed by atoms with Crippen LogP contribution in [0.15, 0.2) is 30.5 Å². The lowest BCUT2D eigenvalue weighted by Gasteiger charge is -2.15. The normalized spacial score (nSPS) is 13.1. The molecule has 6 nitrogen and oxygen atoms in total. The first-order valence-corrected chi connectivity index (χ1v) is 10.3. The van der Waals surface area contributed by atoms with Crippen molar-refractivity contribution in [3.05, 3.63) is 58.1 Å². The molecule has 0 saturated carbocycles. The molecule has 2 rings (SSSR count). The van der Waals surface area contributed by atoms with Gasteiger partial charge in [-0.15, -0.1) is 0 Å². The summed E-state index contributed by atoms with van der Waals surface area (Å²) in [5.41, 5.74) is -0.960. The number of carbonyl (C=O) groups is 1. The van der Waals surface area contributed by atoms with Crippen LogP contribution in [0, 0.1) is 5.82 Å². The molecule has 0 aliphatic rings. The highest BCUT2D eigenvalue weighted by atomic mass is 35.5. The lowest BCUT2D eigenvalue weighted by Crippen LogP contribution is -2.28. The minimum absolute atomic E-state index is 0.0408. The van der Waals surface area contributed by atoms with Crippen LogP contribution in [-0.4, -0.2) is 25.6 Å². The van der Waals surface area contributed by atoms with Gasteiger partial charge >= 0.3 is 6.18 Å². The average Bonchev–Trinajstić information content (AvgIpc) is 2.59. The van der Waals surface area contributed by atoms with Crippen molar-refractivity contribution in [2.45, 2.75) is 25.6 Å². The van der Waals surface area contributed by atoms with Crippen molar-refractivity contribution in [2.75, 3.05) is 11.0 Å². The third-order valence-electron chi connectivity index (χ3n) is 3.86. The summed E-state index contributed by atoms with van der Waals surface area (Å²) in [6, 6.07) is 4.29. The van der Waals surface area contributed by atoms with E-state index in [0.29, 0.717) is 12.3 Å². The third-order valence-corrected chi connectivity index (χ3v) is 4.77. The molecule has 1 unspecified atom stereocenters. The predicted octanol–water partition coefficient (Wildman–Crippen LogP) is 3.68. The van der Waals surface area contributed by atoms with Gasteiger partial charge in [-0.05, 0) is 30.7 Å². The Morgan fingerprint density at radius 2 is 1.93 bits per heavy atom. The standard InChI is InChI=1S/C17H16ClF4N3O3S/c1-9(10-3-4-14(13(19)5-10)25-29(2,27)28)16(26)24-8-15-12(18)6-11(7-23-15)17(20,21)22/h3-7,9,25H,8H2,1-2H3,(H,24,26). The number of benzene rings is 1. The van der Waals surface area contributed by atoms with E-state index in [2.05, 4.69) is 10.3 Å². The van der Waals surface area contributed by atoms with Crippen molar-refractivity contribution >= 4 is 33.2 Å². The summed E-state index contributed by atoms with van der Waals surface area (Å²) >= 11 is 5.79. The number of rotatable bonds is 6. The molecule has 0 bridgehead atoms. The average molecular weight is 454 g/mol. The molecule has 1 heterocycles. The Morgan fingerprint density at radius 3 is 2.45 bits per heavy atom. The molecule has 12 heteroatoms. The van der Waals surface area contributed by atoms with Gasteiger partial charge in [0.15, 0.2) is 0 Å². The molecule has 1 aromatic heterocycles. The molecule has 2 aromatic rings. The maximum atomic E-state index is 14.1. The molecule has 1 atom stereocenters. The fourth-order valence-electron chi connectivity index (χ4n) is 2.31. The van der Waals surface area contributed by atoms with Crippen LogP contribution >= 0.6 is 11.6 Å². The SMILES string of the molecule is CC(C(=O)NCc1ncc(C(F)(F)F)cc1Cl)c1ccc(NS(C)(=O)=O)c(F)c1. The van der Waals surface area contributed by atoms with Gasteiger partial charge in [0, 0.05) is 6.20 Å². The van der Waals surface area contributed by atoms with E-state index in [1.807, 2.05) is 4.72 Å². The largest absolute Gasteiger partial charge is 0.417 e. The van der Waals surface area contributed by atoms with E-state index in [1.54, 1.807) is 0 Å². The third kappa shape index (κ3) is 6.29. The van der Waals surface area contributed by atoms with Gasteiger partial charge in [0.1, 0.15) is 5.82 Å². The molecule has 29 heavy (non-hydrogen) atoms. The van der Waals surface area contributed by atoms with Gasteiger partial charge in [0.2, 0.25) is 15.9 Å². The molecule has 0 saturated heterocycles. The Hall–Kier alpha value is -2.40. The van der Waals surface area contributed by atoms with Crippen molar-refractivity contribution in [3.63, 3.8) is 0 Å². The van der Waals surface area contributed by atoms with Crippen LogP contribution in [0.4, 0.5) is 23.2 Å². The summed E-state index contributed by atoms with van der Waals surface area (Å²) in [7, 11) is -3.66. The zero-order chi connectivity index (χ0) is 22.0. The maximum absolute atomic E-state index is 14.1.